The van der Waals surface area contributed by atoms with Gasteiger partial charge in [-0.25, -0.2) is 0 Å². The molecule has 1 rings (SSSR count). The lowest BCUT2D eigenvalue weighted by Crippen LogP contribution is -2.05. The third-order valence-electron chi connectivity index (χ3n) is 1.98. The summed E-state index contributed by atoms with van der Waals surface area (Å²) >= 11 is 5.95. The summed E-state index contributed by atoms with van der Waals surface area (Å²) in [6.07, 6.45) is 0.229. The SMILES string of the molecule is CC(=O)Oc1cccc(C(=O)CCC#N)c1Cl. The van der Waals surface area contributed by atoms with E-state index in [9.17, 15) is 9.59 Å². The Kier molecular flexibility index (Phi) is 4.68. The smallest absolute Gasteiger partial charge is 0.308 e. The second kappa shape index (κ2) is 6.02. The average molecular weight is 252 g/mol. The van der Waals surface area contributed by atoms with E-state index in [2.05, 4.69) is 0 Å². The molecule has 0 radical (unpaired) electrons. The first kappa shape index (κ1) is 13.2. The van der Waals surface area contributed by atoms with Gasteiger partial charge in [0.2, 0.25) is 0 Å². The number of nitrogens with zero attached hydrogens (tertiary/aromatic N) is 1. The lowest BCUT2D eigenvalue weighted by molar-refractivity contribution is -0.131. The molecule has 88 valence electrons. The molecule has 0 aliphatic rings. The van der Waals surface area contributed by atoms with E-state index in [1.54, 1.807) is 6.07 Å². The van der Waals surface area contributed by atoms with E-state index in [0.717, 1.165) is 0 Å². The normalized spacial score (nSPS) is 9.47. The second-order valence-corrected chi connectivity index (χ2v) is 3.67. The summed E-state index contributed by atoms with van der Waals surface area (Å²) in [6, 6.07) is 6.50. The standard InChI is InChI=1S/C12H10ClNO3/c1-8(15)17-11-6-2-4-9(12(11)13)10(16)5-3-7-14/h2,4,6H,3,5H2,1H3. The van der Waals surface area contributed by atoms with E-state index in [-0.39, 0.29) is 35.0 Å². The fourth-order valence-electron chi connectivity index (χ4n) is 1.26. The first-order valence-electron chi connectivity index (χ1n) is 4.93. The molecule has 4 nitrogen and oxygen atoms in total. The van der Waals surface area contributed by atoms with Crippen molar-refractivity contribution < 1.29 is 14.3 Å². The van der Waals surface area contributed by atoms with Gasteiger partial charge < -0.3 is 4.74 Å². The molecule has 0 fully saturated rings. The van der Waals surface area contributed by atoms with Crippen molar-refractivity contribution in [2.45, 2.75) is 19.8 Å². The number of esters is 1. The molecule has 1 aromatic carbocycles. The van der Waals surface area contributed by atoms with Crippen molar-refractivity contribution in [3.8, 4) is 11.8 Å². The Morgan fingerprint density at radius 1 is 1.47 bits per heavy atom. The lowest BCUT2D eigenvalue weighted by Gasteiger charge is -2.07. The highest BCUT2D eigenvalue weighted by molar-refractivity contribution is 6.35. The van der Waals surface area contributed by atoms with Crippen molar-refractivity contribution in [2.24, 2.45) is 0 Å². The maximum atomic E-state index is 11.7. The third-order valence-corrected chi connectivity index (χ3v) is 2.37. The molecule has 0 N–H and O–H groups in total. The van der Waals surface area contributed by atoms with E-state index in [1.165, 1.54) is 19.1 Å². The van der Waals surface area contributed by atoms with Crippen molar-refractivity contribution in [2.75, 3.05) is 0 Å². The molecule has 0 heterocycles. The summed E-state index contributed by atoms with van der Waals surface area (Å²) in [6.45, 7) is 1.25. The Morgan fingerprint density at radius 2 is 2.18 bits per heavy atom. The number of Topliss-reactive ketones (excluding diaryl/α,β-unsaturated/α-hetero) is 1. The minimum atomic E-state index is -0.506. The fraction of sp³-hybridized carbons (Fsp3) is 0.250. The number of hydrogen-bond acceptors (Lipinski definition) is 4. The molecular weight excluding hydrogens is 242 g/mol. The van der Waals surface area contributed by atoms with Crippen LogP contribution in [0.25, 0.3) is 0 Å². The summed E-state index contributed by atoms with van der Waals surface area (Å²) in [5.41, 5.74) is 0.265. The largest absolute Gasteiger partial charge is 0.425 e. The molecule has 0 bridgehead atoms. The number of halogens is 1. The summed E-state index contributed by atoms with van der Waals surface area (Å²) in [7, 11) is 0. The summed E-state index contributed by atoms with van der Waals surface area (Å²) in [4.78, 5) is 22.5. The van der Waals surface area contributed by atoms with Crippen LogP contribution < -0.4 is 4.74 Å². The number of nitriles is 1. The molecule has 5 heteroatoms. The fourth-order valence-corrected chi connectivity index (χ4v) is 1.53. The second-order valence-electron chi connectivity index (χ2n) is 3.29. The number of rotatable bonds is 4. The van der Waals surface area contributed by atoms with Crippen LogP contribution in [0.1, 0.15) is 30.1 Å². The van der Waals surface area contributed by atoms with Gasteiger partial charge in [-0.2, -0.15) is 5.26 Å². The van der Waals surface area contributed by atoms with Gasteiger partial charge in [0.05, 0.1) is 11.1 Å². The minimum absolute atomic E-state index is 0.0970. The Labute approximate surface area is 104 Å². The van der Waals surface area contributed by atoms with Gasteiger partial charge in [-0.3, -0.25) is 9.59 Å². The Balaban J connectivity index is 2.98. The molecule has 17 heavy (non-hydrogen) atoms. The van der Waals surface area contributed by atoms with Crippen LogP contribution in [0.4, 0.5) is 0 Å². The predicted octanol–water partition coefficient (Wildman–Crippen LogP) is 2.75. The molecule has 0 saturated carbocycles. The lowest BCUT2D eigenvalue weighted by atomic mass is 10.1. The van der Waals surface area contributed by atoms with E-state index in [1.807, 2.05) is 6.07 Å². The van der Waals surface area contributed by atoms with Crippen LogP contribution in [-0.2, 0) is 4.79 Å². The zero-order chi connectivity index (χ0) is 12.8. The van der Waals surface area contributed by atoms with Crippen molar-refractivity contribution in [3.05, 3.63) is 28.8 Å². The summed E-state index contributed by atoms with van der Waals surface area (Å²) in [5.74, 6) is -0.596. The third kappa shape index (κ3) is 3.58. The first-order valence-corrected chi connectivity index (χ1v) is 5.31. The summed E-state index contributed by atoms with van der Waals surface area (Å²) in [5, 5.41) is 8.50. The number of ether oxygens (including phenoxy) is 1. The Bertz CT molecular complexity index is 491. The van der Waals surface area contributed by atoms with Crippen LogP contribution in [0.2, 0.25) is 5.02 Å². The number of carbonyl (C=O) groups is 2. The summed E-state index contributed by atoms with van der Waals surface area (Å²) < 4.78 is 4.85. The molecule has 0 saturated heterocycles. The maximum absolute atomic E-state index is 11.7. The van der Waals surface area contributed by atoms with Crippen LogP contribution in [-0.4, -0.2) is 11.8 Å². The molecule has 0 spiro atoms. The van der Waals surface area contributed by atoms with Crippen molar-refractivity contribution in [1.29, 1.82) is 5.26 Å². The Morgan fingerprint density at radius 3 is 2.76 bits per heavy atom. The van der Waals surface area contributed by atoms with Gasteiger partial charge >= 0.3 is 5.97 Å². The van der Waals surface area contributed by atoms with Gasteiger partial charge in [-0.15, -0.1) is 0 Å². The highest BCUT2D eigenvalue weighted by atomic mass is 35.5. The minimum Gasteiger partial charge on any atom is -0.425 e. The first-order chi connectivity index (χ1) is 8.06. The molecule has 0 atom stereocenters. The topological polar surface area (TPSA) is 67.2 Å². The van der Waals surface area contributed by atoms with Crippen molar-refractivity contribution in [1.82, 2.24) is 0 Å². The van der Waals surface area contributed by atoms with Gasteiger partial charge in [-0.05, 0) is 12.1 Å². The van der Waals surface area contributed by atoms with Gasteiger partial charge in [0.1, 0.15) is 5.75 Å². The Hall–Kier alpha value is -1.86. The zero-order valence-electron chi connectivity index (χ0n) is 9.20. The molecule has 0 unspecified atom stereocenters. The highest BCUT2D eigenvalue weighted by Gasteiger charge is 2.14. The predicted molar refractivity (Wildman–Crippen MR) is 61.9 cm³/mol. The van der Waals surface area contributed by atoms with Crippen LogP contribution in [0.15, 0.2) is 18.2 Å². The number of hydrogen-bond donors (Lipinski definition) is 0. The molecule has 0 aliphatic heterocycles. The quantitative estimate of drug-likeness (QED) is 0.469. The van der Waals surface area contributed by atoms with Crippen LogP contribution in [0.3, 0.4) is 0 Å². The van der Waals surface area contributed by atoms with E-state index in [4.69, 9.17) is 21.6 Å². The number of ketones is 1. The number of benzene rings is 1. The highest BCUT2D eigenvalue weighted by Crippen LogP contribution is 2.29. The van der Waals surface area contributed by atoms with Crippen LogP contribution in [0.5, 0.6) is 5.75 Å². The zero-order valence-corrected chi connectivity index (χ0v) is 9.95. The molecule has 1 aromatic rings. The number of carbonyl (C=O) groups excluding carboxylic acids is 2. The van der Waals surface area contributed by atoms with E-state index in [0.29, 0.717) is 0 Å². The molecule has 0 aromatic heterocycles. The maximum Gasteiger partial charge on any atom is 0.308 e. The van der Waals surface area contributed by atoms with Crippen molar-refractivity contribution in [3.63, 3.8) is 0 Å². The molecule has 0 amide bonds. The van der Waals surface area contributed by atoms with Crippen LogP contribution >= 0.6 is 11.6 Å². The van der Waals surface area contributed by atoms with Gasteiger partial charge in [-0.1, -0.05) is 17.7 Å². The van der Waals surface area contributed by atoms with Gasteiger partial charge in [0, 0.05) is 25.3 Å². The van der Waals surface area contributed by atoms with E-state index >= 15 is 0 Å². The molecule has 0 aliphatic carbocycles. The van der Waals surface area contributed by atoms with Gasteiger partial charge in [0.15, 0.2) is 5.78 Å². The molecular formula is C12H10ClNO3. The average Bonchev–Trinajstić information content (AvgIpc) is 2.28. The monoisotopic (exact) mass is 251 g/mol. The van der Waals surface area contributed by atoms with E-state index < -0.39 is 5.97 Å². The van der Waals surface area contributed by atoms with Crippen LogP contribution in [0, 0.1) is 11.3 Å². The van der Waals surface area contributed by atoms with Crippen molar-refractivity contribution >= 4 is 23.4 Å². The van der Waals surface area contributed by atoms with Gasteiger partial charge in [0.25, 0.3) is 0 Å².